The van der Waals surface area contributed by atoms with E-state index in [0.717, 1.165) is 34.1 Å². The number of piperidine rings is 1. The highest BCUT2D eigenvalue weighted by atomic mass is 79.9. The summed E-state index contributed by atoms with van der Waals surface area (Å²) in [6.07, 6.45) is 2.91. The number of hydrogen-bond donors (Lipinski definition) is 1. The van der Waals surface area contributed by atoms with Gasteiger partial charge in [0.05, 0.1) is 17.4 Å². The maximum atomic E-state index is 13.2. The molecule has 2 aromatic rings. The molecule has 1 amide bonds. The van der Waals surface area contributed by atoms with Crippen molar-refractivity contribution in [2.45, 2.75) is 51.3 Å². The number of carbonyl (C=O) groups excluding carboxylic acids is 1. The molecule has 1 N–H and O–H groups in total. The first-order valence-corrected chi connectivity index (χ1v) is 13.4. The van der Waals surface area contributed by atoms with Crippen LogP contribution in [0.4, 0.5) is 5.69 Å². The molecule has 6 nitrogen and oxygen atoms in total. The predicted molar refractivity (Wildman–Crippen MR) is 131 cm³/mol. The quantitative estimate of drug-likeness (QED) is 0.528. The summed E-state index contributed by atoms with van der Waals surface area (Å²) in [6.45, 7) is 7.11. The second-order valence-electron chi connectivity index (χ2n) is 7.90. The van der Waals surface area contributed by atoms with E-state index in [9.17, 15) is 13.2 Å². The molecule has 0 radical (unpaired) electrons. The first-order valence-electron chi connectivity index (χ1n) is 11.1. The van der Waals surface area contributed by atoms with Gasteiger partial charge in [-0.1, -0.05) is 29.8 Å². The first-order chi connectivity index (χ1) is 15.3. The predicted octanol–water partition coefficient (Wildman–Crippen LogP) is 5.01. The van der Waals surface area contributed by atoms with Crippen LogP contribution in [0.2, 0.25) is 0 Å². The molecule has 3 rings (SSSR count). The normalized spacial score (nSPS) is 17.2. The van der Waals surface area contributed by atoms with E-state index in [1.54, 1.807) is 24.3 Å². The molecule has 1 fully saturated rings. The highest BCUT2D eigenvalue weighted by molar-refractivity contribution is 9.10. The molecule has 1 atom stereocenters. The molecule has 1 aliphatic heterocycles. The SMILES string of the molecule is CCOc1ccc(S(=O)(=O)N2CCC[C@@H](C(=O)Nc3c(CC)cc(Br)cc3CC)C2)cc1. The summed E-state index contributed by atoms with van der Waals surface area (Å²) in [5, 5.41) is 3.11. The Balaban J connectivity index is 1.76. The maximum absolute atomic E-state index is 13.2. The molecule has 1 heterocycles. The summed E-state index contributed by atoms with van der Waals surface area (Å²) in [4.78, 5) is 13.4. The van der Waals surface area contributed by atoms with Crippen molar-refractivity contribution < 1.29 is 17.9 Å². The lowest BCUT2D eigenvalue weighted by Gasteiger charge is -2.31. The zero-order valence-electron chi connectivity index (χ0n) is 18.9. The van der Waals surface area contributed by atoms with Gasteiger partial charge in [0.1, 0.15) is 5.75 Å². The number of benzene rings is 2. The summed E-state index contributed by atoms with van der Waals surface area (Å²) in [5.41, 5.74) is 2.99. The Morgan fingerprint density at radius 2 is 1.75 bits per heavy atom. The highest BCUT2D eigenvalue weighted by Gasteiger charge is 2.33. The Morgan fingerprint density at radius 1 is 1.12 bits per heavy atom. The lowest BCUT2D eigenvalue weighted by molar-refractivity contribution is -0.120. The van der Waals surface area contributed by atoms with Crippen molar-refractivity contribution in [2.75, 3.05) is 25.0 Å². The van der Waals surface area contributed by atoms with Gasteiger partial charge < -0.3 is 10.1 Å². The van der Waals surface area contributed by atoms with Crippen molar-refractivity contribution >= 4 is 37.5 Å². The van der Waals surface area contributed by atoms with E-state index in [1.807, 2.05) is 19.1 Å². The topological polar surface area (TPSA) is 75.7 Å². The van der Waals surface area contributed by atoms with Crippen LogP contribution in [-0.4, -0.2) is 38.3 Å². The second kappa shape index (κ2) is 10.8. The molecule has 0 saturated carbocycles. The number of rotatable bonds is 8. The Hall–Kier alpha value is -1.90. The Kier molecular flexibility index (Phi) is 8.36. The number of hydrogen-bond acceptors (Lipinski definition) is 4. The van der Waals surface area contributed by atoms with E-state index in [-0.39, 0.29) is 23.3 Å². The first kappa shape index (κ1) is 24.7. The smallest absolute Gasteiger partial charge is 0.243 e. The molecular weight excluding hydrogens is 492 g/mol. The van der Waals surface area contributed by atoms with Crippen LogP contribution in [0.1, 0.15) is 44.7 Å². The third kappa shape index (κ3) is 5.53. The Labute approximate surface area is 199 Å². The van der Waals surface area contributed by atoms with E-state index >= 15 is 0 Å². The van der Waals surface area contributed by atoms with E-state index in [4.69, 9.17) is 4.74 Å². The molecule has 174 valence electrons. The van der Waals surface area contributed by atoms with Crippen LogP contribution in [-0.2, 0) is 27.7 Å². The van der Waals surface area contributed by atoms with Crippen molar-refractivity contribution in [2.24, 2.45) is 5.92 Å². The number of nitrogens with zero attached hydrogens (tertiary/aromatic N) is 1. The zero-order valence-corrected chi connectivity index (χ0v) is 21.3. The van der Waals surface area contributed by atoms with Gasteiger partial charge in [0.25, 0.3) is 0 Å². The van der Waals surface area contributed by atoms with Gasteiger partial charge in [-0.3, -0.25) is 4.79 Å². The number of anilines is 1. The second-order valence-corrected chi connectivity index (χ2v) is 10.8. The molecule has 8 heteroatoms. The fourth-order valence-corrected chi connectivity index (χ4v) is 6.14. The van der Waals surface area contributed by atoms with Gasteiger partial charge in [-0.15, -0.1) is 0 Å². The standard InChI is InChI=1S/C24H31BrN2O4S/c1-4-17-14-20(25)15-18(5-2)23(17)26-24(28)19-8-7-13-27(16-19)32(29,30)22-11-9-21(10-12-22)31-6-3/h9-12,14-15,19H,4-8,13,16H2,1-3H3,(H,26,28)/t19-/m1/s1. The van der Waals surface area contributed by atoms with Crippen LogP contribution in [0.25, 0.3) is 0 Å². The number of sulfonamides is 1. The van der Waals surface area contributed by atoms with E-state index in [1.165, 1.54) is 4.31 Å². The van der Waals surface area contributed by atoms with Crippen LogP contribution < -0.4 is 10.1 Å². The number of amides is 1. The van der Waals surface area contributed by atoms with Crippen LogP contribution >= 0.6 is 15.9 Å². The van der Waals surface area contributed by atoms with Crippen LogP contribution in [0, 0.1) is 5.92 Å². The average molecular weight is 523 g/mol. The van der Waals surface area contributed by atoms with Gasteiger partial charge in [0.15, 0.2) is 0 Å². The lowest BCUT2D eigenvalue weighted by atomic mass is 9.97. The largest absolute Gasteiger partial charge is 0.494 e. The number of carbonyl (C=O) groups is 1. The molecule has 0 spiro atoms. The van der Waals surface area contributed by atoms with Gasteiger partial charge in [-0.2, -0.15) is 4.31 Å². The van der Waals surface area contributed by atoms with Gasteiger partial charge in [0.2, 0.25) is 15.9 Å². The molecule has 0 unspecified atom stereocenters. The fourth-order valence-electron chi connectivity index (χ4n) is 4.07. The molecule has 0 bridgehead atoms. The number of nitrogens with one attached hydrogen (secondary N) is 1. The van der Waals surface area contributed by atoms with Crippen LogP contribution in [0.5, 0.6) is 5.75 Å². The van der Waals surface area contributed by atoms with Crippen molar-refractivity contribution in [3.05, 3.63) is 52.0 Å². The summed E-state index contributed by atoms with van der Waals surface area (Å²) in [5.74, 6) is 0.123. The molecule has 1 saturated heterocycles. The molecule has 0 aromatic heterocycles. The van der Waals surface area contributed by atoms with Gasteiger partial charge in [-0.05, 0) is 80.1 Å². The van der Waals surface area contributed by atoms with E-state index in [2.05, 4.69) is 35.1 Å². The van der Waals surface area contributed by atoms with Crippen LogP contribution in [0.3, 0.4) is 0 Å². The molecule has 0 aliphatic carbocycles. The number of ether oxygens (including phenoxy) is 1. The summed E-state index contributed by atoms with van der Waals surface area (Å²) >= 11 is 3.54. The zero-order chi connectivity index (χ0) is 23.3. The van der Waals surface area contributed by atoms with Crippen molar-refractivity contribution in [1.29, 1.82) is 0 Å². The Bertz CT molecular complexity index is 1030. The minimum absolute atomic E-state index is 0.122. The molecule has 1 aliphatic rings. The van der Waals surface area contributed by atoms with Crippen molar-refractivity contribution in [3.8, 4) is 5.75 Å². The van der Waals surface area contributed by atoms with Crippen LogP contribution in [0.15, 0.2) is 45.8 Å². The number of aryl methyl sites for hydroxylation is 2. The molecule has 2 aromatic carbocycles. The minimum Gasteiger partial charge on any atom is -0.494 e. The van der Waals surface area contributed by atoms with Gasteiger partial charge >= 0.3 is 0 Å². The van der Waals surface area contributed by atoms with E-state index < -0.39 is 10.0 Å². The summed E-state index contributed by atoms with van der Waals surface area (Å²) in [7, 11) is -3.67. The average Bonchev–Trinajstić information content (AvgIpc) is 2.80. The molecular formula is C24H31BrN2O4S. The summed E-state index contributed by atoms with van der Waals surface area (Å²) < 4.78 is 34.2. The third-order valence-electron chi connectivity index (χ3n) is 5.80. The van der Waals surface area contributed by atoms with Gasteiger partial charge in [0, 0.05) is 23.2 Å². The fraction of sp³-hybridized carbons (Fsp3) is 0.458. The minimum atomic E-state index is -3.67. The summed E-state index contributed by atoms with van der Waals surface area (Å²) in [6, 6.07) is 10.5. The molecule has 32 heavy (non-hydrogen) atoms. The van der Waals surface area contributed by atoms with Crippen molar-refractivity contribution in [3.63, 3.8) is 0 Å². The number of halogens is 1. The Morgan fingerprint density at radius 3 is 2.31 bits per heavy atom. The highest BCUT2D eigenvalue weighted by Crippen LogP contribution is 2.30. The monoisotopic (exact) mass is 522 g/mol. The van der Waals surface area contributed by atoms with Crippen molar-refractivity contribution in [1.82, 2.24) is 4.31 Å². The third-order valence-corrected chi connectivity index (χ3v) is 8.14. The van der Waals surface area contributed by atoms with E-state index in [0.29, 0.717) is 31.7 Å². The van der Waals surface area contributed by atoms with Gasteiger partial charge in [-0.25, -0.2) is 8.42 Å². The lowest BCUT2D eigenvalue weighted by Crippen LogP contribution is -2.43. The maximum Gasteiger partial charge on any atom is 0.243 e.